The summed E-state index contributed by atoms with van der Waals surface area (Å²) in [7, 11) is 0. The van der Waals surface area contributed by atoms with E-state index < -0.39 is 12.1 Å². The van der Waals surface area contributed by atoms with Crippen molar-refractivity contribution in [3.63, 3.8) is 0 Å². The number of ether oxygens (including phenoxy) is 1. The number of hydrogen-bond acceptors (Lipinski definition) is 5. The first-order valence-electron chi connectivity index (χ1n) is 33.2. The van der Waals surface area contributed by atoms with Crippen LogP contribution >= 0.6 is 0 Å². The predicted octanol–water partition coefficient (Wildman–Crippen LogP) is 21.1. The van der Waals surface area contributed by atoms with Crippen LogP contribution in [0.3, 0.4) is 0 Å². The fourth-order valence-corrected chi connectivity index (χ4v) is 10.3. The maximum Gasteiger partial charge on any atom is 0.305 e. The largest absolute Gasteiger partial charge is 0.466 e. The Balaban J connectivity index is 3.45. The molecular weight excluding hydrogens is 911 g/mol. The molecule has 74 heavy (non-hydrogen) atoms. The van der Waals surface area contributed by atoms with Crippen LogP contribution < -0.4 is 5.32 Å². The molecule has 0 spiro atoms. The van der Waals surface area contributed by atoms with Crippen molar-refractivity contribution in [2.45, 2.75) is 373 Å². The first kappa shape index (κ1) is 72.1. The van der Waals surface area contributed by atoms with Crippen LogP contribution in [0, 0.1) is 0 Å². The molecule has 0 aromatic rings. The maximum absolute atomic E-state index is 12.5. The molecule has 0 aliphatic carbocycles. The topological polar surface area (TPSA) is 95.9 Å². The molecule has 3 N–H and O–H groups in total. The molecule has 0 aromatic heterocycles. The lowest BCUT2D eigenvalue weighted by molar-refractivity contribution is -0.143. The van der Waals surface area contributed by atoms with Crippen LogP contribution in [-0.4, -0.2) is 47.4 Å². The second kappa shape index (κ2) is 63.6. The smallest absolute Gasteiger partial charge is 0.305 e. The van der Waals surface area contributed by atoms with E-state index in [0.717, 1.165) is 70.6 Å². The number of amides is 1. The first-order valence-corrected chi connectivity index (χ1v) is 33.2. The number of unbranched alkanes of at least 4 members (excludes halogenated alkanes) is 45. The third kappa shape index (κ3) is 59.3. The maximum atomic E-state index is 12.5. The molecule has 0 radical (unpaired) electrons. The van der Waals surface area contributed by atoms with E-state index in [1.54, 1.807) is 0 Å². The Hall–Kier alpha value is -1.92. The Kier molecular flexibility index (Phi) is 62.0. The number of allylic oxidation sites excluding steroid dienone is 6. The fourth-order valence-electron chi connectivity index (χ4n) is 10.3. The molecule has 0 heterocycles. The van der Waals surface area contributed by atoms with Crippen molar-refractivity contribution in [3.05, 3.63) is 36.5 Å². The summed E-state index contributed by atoms with van der Waals surface area (Å²) in [4.78, 5) is 24.6. The van der Waals surface area contributed by atoms with Gasteiger partial charge in [-0.2, -0.15) is 0 Å². The van der Waals surface area contributed by atoms with E-state index in [1.165, 1.54) is 257 Å². The van der Waals surface area contributed by atoms with E-state index in [0.29, 0.717) is 25.9 Å². The summed E-state index contributed by atoms with van der Waals surface area (Å²) in [6.07, 6.45) is 80.2. The number of carbonyl (C=O) groups is 2. The molecule has 0 aliphatic heterocycles. The lowest BCUT2D eigenvalue weighted by Gasteiger charge is -2.22. The van der Waals surface area contributed by atoms with Crippen molar-refractivity contribution >= 4 is 11.9 Å². The second-order valence-corrected chi connectivity index (χ2v) is 22.8. The Morgan fingerprint density at radius 3 is 1.05 bits per heavy atom. The Morgan fingerprint density at radius 2 is 0.676 bits per heavy atom. The van der Waals surface area contributed by atoms with Crippen LogP contribution in [0.2, 0.25) is 0 Å². The third-order valence-electron chi connectivity index (χ3n) is 15.4. The van der Waals surface area contributed by atoms with Crippen LogP contribution in [0.15, 0.2) is 36.5 Å². The molecule has 1 amide bonds. The number of carbonyl (C=O) groups excluding carboxylic acids is 2. The molecule has 0 aromatic carbocycles. The van der Waals surface area contributed by atoms with Gasteiger partial charge in [0.1, 0.15) is 0 Å². The van der Waals surface area contributed by atoms with Gasteiger partial charge < -0.3 is 20.3 Å². The third-order valence-corrected chi connectivity index (χ3v) is 15.4. The van der Waals surface area contributed by atoms with Crippen LogP contribution in [0.25, 0.3) is 0 Å². The highest BCUT2D eigenvalue weighted by Crippen LogP contribution is 2.18. The van der Waals surface area contributed by atoms with Gasteiger partial charge in [-0.15, -0.1) is 0 Å². The molecule has 0 saturated carbocycles. The van der Waals surface area contributed by atoms with Gasteiger partial charge >= 0.3 is 5.97 Å². The van der Waals surface area contributed by atoms with Crippen molar-refractivity contribution in [2.75, 3.05) is 13.2 Å². The van der Waals surface area contributed by atoms with Crippen molar-refractivity contribution in [3.8, 4) is 0 Å². The molecule has 2 atom stereocenters. The Morgan fingerprint density at radius 1 is 0.378 bits per heavy atom. The lowest BCUT2D eigenvalue weighted by Crippen LogP contribution is -2.45. The summed E-state index contributed by atoms with van der Waals surface area (Å²) in [6.45, 7) is 4.94. The number of esters is 1. The van der Waals surface area contributed by atoms with Crippen molar-refractivity contribution in [1.29, 1.82) is 0 Å². The fraction of sp³-hybridized carbons (Fsp3) is 0.882. The van der Waals surface area contributed by atoms with Crippen molar-refractivity contribution < 1.29 is 24.5 Å². The molecule has 0 saturated heterocycles. The molecule has 436 valence electrons. The minimum Gasteiger partial charge on any atom is -0.466 e. The summed E-state index contributed by atoms with van der Waals surface area (Å²) in [5, 5.41) is 23.4. The van der Waals surface area contributed by atoms with Gasteiger partial charge in [-0.3, -0.25) is 9.59 Å². The van der Waals surface area contributed by atoms with Gasteiger partial charge in [0.15, 0.2) is 0 Å². The number of rotatable bonds is 62. The normalized spacial score (nSPS) is 12.8. The summed E-state index contributed by atoms with van der Waals surface area (Å²) >= 11 is 0. The molecular formula is C68H129NO5. The Bertz CT molecular complexity index is 1200. The van der Waals surface area contributed by atoms with E-state index in [9.17, 15) is 19.8 Å². The first-order chi connectivity index (χ1) is 36.5. The Labute approximate surface area is 462 Å². The van der Waals surface area contributed by atoms with Gasteiger partial charge in [0.2, 0.25) is 5.91 Å². The van der Waals surface area contributed by atoms with E-state index in [1.807, 2.05) is 0 Å². The van der Waals surface area contributed by atoms with Gasteiger partial charge in [0, 0.05) is 12.8 Å². The van der Waals surface area contributed by atoms with Crippen LogP contribution in [-0.2, 0) is 14.3 Å². The molecule has 0 rings (SSSR count). The van der Waals surface area contributed by atoms with E-state index in [-0.39, 0.29) is 18.5 Å². The highest BCUT2D eigenvalue weighted by molar-refractivity contribution is 5.76. The van der Waals surface area contributed by atoms with E-state index in [4.69, 9.17) is 4.74 Å². The van der Waals surface area contributed by atoms with Crippen LogP contribution in [0.1, 0.15) is 361 Å². The number of aliphatic hydroxyl groups is 2. The molecule has 2 unspecified atom stereocenters. The molecule has 6 heteroatoms. The number of nitrogens with one attached hydrogen (secondary N) is 1. The number of aliphatic hydroxyl groups excluding tert-OH is 2. The second-order valence-electron chi connectivity index (χ2n) is 22.8. The van der Waals surface area contributed by atoms with Gasteiger partial charge in [-0.05, 0) is 83.5 Å². The lowest BCUT2D eigenvalue weighted by atomic mass is 10.0. The summed E-state index contributed by atoms with van der Waals surface area (Å²) in [5.74, 6) is -0.0562. The minimum atomic E-state index is -0.675. The predicted molar refractivity (Wildman–Crippen MR) is 324 cm³/mol. The van der Waals surface area contributed by atoms with Crippen LogP contribution in [0.4, 0.5) is 0 Å². The van der Waals surface area contributed by atoms with Crippen molar-refractivity contribution in [2.24, 2.45) is 0 Å². The monoisotopic (exact) mass is 1040 g/mol. The summed E-state index contributed by atoms with van der Waals surface area (Å²) < 4.78 is 5.48. The molecule has 0 fully saturated rings. The van der Waals surface area contributed by atoms with E-state index >= 15 is 0 Å². The molecule has 0 aliphatic rings. The van der Waals surface area contributed by atoms with Gasteiger partial charge in [-0.25, -0.2) is 0 Å². The summed E-state index contributed by atoms with van der Waals surface area (Å²) in [6, 6.07) is -0.554. The zero-order chi connectivity index (χ0) is 53.6. The highest BCUT2D eigenvalue weighted by atomic mass is 16.5. The van der Waals surface area contributed by atoms with Gasteiger partial charge in [-0.1, -0.05) is 301 Å². The molecule has 0 bridgehead atoms. The van der Waals surface area contributed by atoms with E-state index in [2.05, 4.69) is 55.6 Å². The van der Waals surface area contributed by atoms with Crippen molar-refractivity contribution in [1.82, 2.24) is 5.32 Å². The average Bonchev–Trinajstić information content (AvgIpc) is 3.40. The standard InChI is InChI=1S/C68H129NO5/c1-3-5-7-9-11-13-15-17-19-21-22-23-24-25-26-29-32-36-40-44-48-52-56-60-66(71)65(64-70)69-67(72)61-57-53-49-45-41-37-33-30-27-28-31-35-39-43-47-51-55-59-63-74-68(73)62-58-54-50-46-42-38-34-20-18-16-14-12-10-8-6-4-2/h14,16,20,30,33-34,65-66,70-71H,3-13,15,17-19,21-29,31-32,35-64H2,1-2H3,(H,69,72)/b16-14-,33-30-,34-20-. The zero-order valence-corrected chi connectivity index (χ0v) is 49.8. The van der Waals surface area contributed by atoms with Gasteiger partial charge in [0.05, 0.1) is 25.4 Å². The summed E-state index contributed by atoms with van der Waals surface area (Å²) in [5.41, 5.74) is 0. The minimum absolute atomic E-state index is 0.00986. The average molecular weight is 1040 g/mol. The molecule has 6 nitrogen and oxygen atoms in total. The van der Waals surface area contributed by atoms with Gasteiger partial charge in [0.25, 0.3) is 0 Å². The number of hydrogen-bond donors (Lipinski definition) is 3. The van der Waals surface area contributed by atoms with Crippen LogP contribution in [0.5, 0.6) is 0 Å². The highest BCUT2D eigenvalue weighted by Gasteiger charge is 2.20. The quantitative estimate of drug-likeness (QED) is 0.0320. The SMILES string of the molecule is CCCCCC/C=C\C/C=C\CCCCCCCC(=O)OCCCCCCCCCCC/C=C\CCCCCCCC(=O)NC(CO)C(O)CCCCCCCCCCCCCCCCCCCCCCCCC. The zero-order valence-electron chi connectivity index (χ0n) is 49.8.